The molecule has 0 aromatic rings. The van der Waals surface area contributed by atoms with Gasteiger partial charge in [0.05, 0.1) is 12.1 Å². The summed E-state index contributed by atoms with van der Waals surface area (Å²) in [6, 6.07) is -9.70. The Morgan fingerprint density at radius 2 is 0.412 bits per heavy atom. The van der Waals surface area contributed by atoms with Crippen LogP contribution in [0.2, 0.25) is 0 Å². The van der Waals surface area contributed by atoms with E-state index < -0.39 is 102 Å². The molecule has 0 aromatic carbocycles. The van der Waals surface area contributed by atoms with Crippen LogP contribution in [-0.2, 0) is 43.2 Å². The lowest BCUT2D eigenvalue weighted by molar-refractivity contribution is -0.136. The number of carbonyl (C=O) groups is 9. The first kappa shape index (κ1) is 80.0. The van der Waals surface area contributed by atoms with E-state index in [2.05, 4.69) is 42.5 Å². The summed E-state index contributed by atoms with van der Waals surface area (Å²) in [4.78, 5) is 126. The Morgan fingerprint density at radius 3 is 0.635 bits per heavy atom. The van der Waals surface area contributed by atoms with Gasteiger partial charge in [0.15, 0.2) is 0 Å². The van der Waals surface area contributed by atoms with Crippen LogP contribution in [0.15, 0.2) is 0 Å². The summed E-state index contributed by atoms with van der Waals surface area (Å²) in [5.41, 5.74) is 58.1. The van der Waals surface area contributed by atoms with Gasteiger partial charge in [-0.2, -0.15) is 0 Å². The Labute approximate surface area is 507 Å². The average Bonchev–Trinajstić information content (AvgIpc) is 3.58. The highest BCUT2D eigenvalue weighted by Gasteiger charge is 2.35. The molecule has 0 saturated heterocycles. The zero-order chi connectivity index (χ0) is 63.5. The fourth-order valence-electron chi connectivity index (χ4n) is 9.56. The molecular formula is C58H118N18O9. The van der Waals surface area contributed by atoms with Crippen LogP contribution in [0.25, 0.3) is 0 Å². The third-order valence-electron chi connectivity index (χ3n) is 14.8. The molecule has 494 valence electrons. The van der Waals surface area contributed by atoms with Gasteiger partial charge >= 0.3 is 0 Å². The van der Waals surface area contributed by atoms with E-state index in [0.717, 1.165) is 0 Å². The topological polar surface area (TPSA) is 510 Å². The molecule has 0 heterocycles. The molecule has 27 heteroatoms. The average molecular weight is 1210 g/mol. The summed E-state index contributed by atoms with van der Waals surface area (Å²) in [5, 5.41) is 22.6. The summed E-state index contributed by atoms with van der Waals surface area (Å²) >= 11 is 0. The van der Waals surface area contributed by atoms with Gasteiger partial charge in [-0.05, 0) is 200 Å². The Hall–Kier alpha value is -4.97. The van der Waals surface area contributed by atoms with Crippen LogP contribution in [0, 0.1) is 0 Å². The summed E-state index contributed by atoms with van der Waals surface area (Å²) in [6.45, 7) is 3.50. The first-order valence-electron chi connectivity index (χ1n) is 32.0. The highest BCUT2D eigenvalue weighted by atomic mass is 16.2. The SMILES string of the molecule is NCCCCC[C@H](NC(=O)[C@H](CCCCN)NC(=O)[C@H](CCCCCN)NC(=O)[C@H](CCCCN)NC(=O)[C@H](CCCCCN)NC(=O)[C@H](CCCCN)NC(=O)[C@H](CCCCCN)NC(=O)[C@@H](N)CCCCN)C(=O)N[C@H](C=O)CCCCN. The third-order valence-corrected chi connectivity index (χ3v) is 14.8. The smallest absolute Gasteiger partial charge is 0.243 e. The molecule has 0 saturated carbocycles. The molecule has 0 aliphatic rings. The van der Waals surface area contributed by atoms with Gasteiger partial charge in [0, 0.05) is 0 Å². The van der Waals surface area contributed by atoms with Gasteiger partial charge in [-0.3, -0.25) is 38.4 Å². The number of rotatable bonds is 57. The van der Waals surface area contributed by atoms with Gasteiger partial charge < -0.3 is 105 Å². The number of carbonyl (C=O) groups excluding carboxylic acids is 9. The zero-order valence-electron chi connectivity index (χ0n) is 51.5. The summed E-state index contributed by atoms with van der Waals surface area (Å²) in [7, 11) is 0. The highest BCUT2D eigenvalue weighted by Crippen LogP contribution is 2.14. The number of amides is 8. The minimum absolute atomic E-state index is 0.105. The van der Waals surface area contributed by atoms with Crippen molar-refractivity contribution >= 4 is 53.5 Å². The number of unbranched alkanes of at least 4 members (excludes halogenated alkanes) is 13. The highest BCUT2D eigenvalue weighted by molar-refractivity contribution is 5.98. The quantitative estimate of drug-likeness (QED) is 0.0234. The third kappa shape index (κ3) is 38.7. The van der Waals surface area contributed by atoms with Crippen molar-refractivity contribution in [2.24, 2.45) is 57.3 Å². The van der Waals surface area contributed by atoms with E-state index in [0.29, 0.717) is 219 Å². The Bertz CT molecular complexity index is 1830. The Morgan fingerprint density at radius 1 is 0.235 bits per heavy atom. The lowest BCUT2D eigenvalue weighted by Gasteiger charge is -2.28. The fraction of sp³-hybridized carbons (Fsp3) is 0.845. The van der Waals surface area contributed by atoms with Crippen LogP contribution >= 0.6 is 0 Å². The molecule has 8 amide bonds. The standard InChI is InChI=1S/C58H118N18O9/c59-32-14-1-5-25-44(52(79)69-42(41-77)23-9-18-36-63)71-56(83)48(29-11-20-38-65)75-54(81)46(27-7-3-16-34-61)73-58(85)50(31-13-22-40-67)76-55(82)47(28-8-4-17-35-62)72-57(84)49(30-12-21-39-66)74-53(80)45(26-6-2-15-33-60)70-51(78)43(68)24-10-19-37-64/h41-50H,1-40,59-68H2,(H,69,79)(H,70,78)(H,71,83)(H,72,84)(H,73,85)(H,74,80)(H,75,81)(H,76,82)/t42-,43-,44-,45-,46-,47-,48-,49-,50-/m0/s1. The molecule has 9 atom stereocenters. The summed E-state index contributed by atoms with van der Waals surface area (Å²) in [5.74, 6) is -5.04. The zero-order valence-corrected chi connectivity index (χ0v) is 51.5. The van der Waals surface area contributed by atoms with Crippen molar-refractivity contribution in [3.8, 4) is 0 Å². The molecule has 0 unspecified atom stereocenters. The van der Waals surface area contributed by atoms with Crippen LogP contribution in [0.4, 0.5) is 0 Å². The van der Waals surface area contributed by atoms with Gasteiger partial charge in [0.1, 0.15) is 48.6 Å². The molecule has 85 heavy (non-hydrogen) atoms. The van der Waals surface area contributed by atoms with E-state index >= 15 is 0 Å². The normalized spacial score (nSPS) is 14.5. The van der Waals surface area contributed by atoms with Crippen molar-refractivity contribution in [1.29, 1.82) is 0 Å². The molecule has 0 rings (SSSR count). The number of hydrogen-bond acceptors (Lipinski definition) is 19. The minimum atomic E-state index is -1.22. The molecule has 28 N–H and O–H groups in total. The van der Waals surface area contributed by atoms with Gasteiger partial charge in [-0.25, -0.2) is 0 Å². The van der Waals surface area contributed by atoms with E-state index in [4.69, 9.17) is 57.3 Å². The molecule has 0 radical (unpaired) electrons. The molecule has 0 aliphatic heterocycles. The fourth-order valence-corrected chi connectivity index (χ4v) is 9.56. The maximum atomic E-state index is 14.6. The van der Waals surface area contributed by atoms with E-state index in [9.17, 15) is 43.2 Å². The lowest BCUT2D eigenvalue weighted by Crippen LogP contribution is -2.60. The summed E-state index contributed by atoms with van der Waals surface area (Å²) < 4.78 is 0. The maximum absolute atomic E-state index is 14.6. The van der Waals surface area contributed by atoms with Crippen molar-refractivity contribution in [2.45, 2.75) is 253 Å². The number of hydrogen-bond donors (Lipinski definition) is 18. The van der Waals surface area contributed by atoms with Crippen molar-refractivity contribution in [3.05, 3.63) is 0 Å². The second kappa shape index (κ2) is 53.3. The lowest BCUT2D eigenvalue weighted by atomic mass is 10.0. The van der Waals surface area contributed by atoms with E-state index in [-0.39, 0.29) is 44.9 Å². The van der Waals surface area contributed by atoms with E-state index in [1.54, 1.807) is 0 Å². The Balaban J connectivity index is 7.07. The summed E-state index contributed by atoms with van der Waals surface area (Å²) in [6.07, 6.45) is 15.3. The first-order valence-corrected chi connectivity index (χ1v) is 32.0. The monoisotopic (exact) mass is 1210 g/mol. The minimum Gasteiger partial charge on any atom is -0.345 e. The maximum Gasteiger partial charge on any atom is 0.243 e. The van der Waals surface area contributed by atoms with E-state index in [1.165, 1.54) is 0 Å². The van der Waals surface area contributed by atoms with Crippen LogP contribution in [-0.4, -0.2) is 167 Å². The van der Waals surface area contributed by atoms with Crippen molar-refractivity contribution in [2.75, 3.05) is 58.9 Å². The first-order chi connectivity index (χ1) is 41.0. The van der Waals surface area contributed by atoms with E-state index in [1.807, 2.05) is 0 Å². The van der Waals surface area contributed by atoms with Gasteiger partial charge in [-0.1, -0.05) is 57.8 Å². The van der Waals surface area contributed by atoms with Gasteiger partial charge in [-0.15, -0.1) is 0 Å². The van der Waals surface area contributed by atoms with Crippen LogP contribution in [0.5, 0.6) is 0 Å². The van der Waals surface area contributed by atoms with Crippen molar-refractivity contribution in [3.63, 3.8) is 0 Å². The number of aldehydes is 1. The van der Waals surface area contributed by atoms with Crippen molar-refractivity contribution in [1.82, 2.24) is 42.5 Å². The molecule has 0 fully saturated rings. The molecule has 0 bridgehead atoms. The van der Waals surface area contributed by atoms with Gasteiger partial charge in [0.25, 0.3) is 0 Å². The molecule has 0 aliphatic carbocycles. The second-order valence-electron chi connectivity index (χ2n) is 22.3. The largest absolute Gasteiger partial charge is 0.345 e. The van der Waals surface area contributed by atoms with Gasteiger partial charge in [0.2, 0.25) is 47.3 Å². The number of nitrogens with one attached hydrogen (secondary N) is 8. The van der Waals surface area contributed by atoms with Crippen LogP contribution < -0.4 is 99.9 Å². The molecule has 27 nitrogen and oxygen atoms in total. The molecule has 0 spiro atoms. The predicted octanol–water partition coefficient (Wildman–Crippen LogP) is -1.89. The number of nitrogens with two attached hydrogens (primary N) is 10. The molecule has 0 aromatic heterocycles. The van der Waals surface area contributed by atoms with Crippen LogP contribution in [0.3, 0.4) is 0 Å². The van der Waals surface area contributed by atoms with Crippen molar-refractivity contribution < 1.29 is 43.2 Å². The second-order valence-corrected chi connectivity index (χ2v) is 22.3. The van der Waals surface area contributed by atoms with Crippen LogP contribution in [0.1, 0.15) is 199 Å². The predicted molar refractivity (Wildman–Crippen MR) is 334 cm³/mol. The molecular weight excluding hydrogens is 1090 g/mol. The Kier molecular flexibility index (Phi) is 50.2.